The van der Waals surface area contributed by atoms with Crippen LogP contribution in [0.3, 0.4) is 0 Å². The Morgan fingerprint density at radius 2 is 1.52 bits per heavy atom. The summed E-state index contributed by atoms with van der Waals surface area (Å²) in [7, 11) is 4.02. The molecule has 0 spiro atoms. The maximum absolute atomic E-state index is 12.5. The van der Waals surface area contributed by atoms with E-state index in [-0.39, 0.29) is 5.91 Å². The third-order valence-corrected chi connectivity index (χ3v) is 6.11. The molecule has 5 heteroatoms. The lowest BCUT2D eigenvalue weighted by atomic mass is 10.0. The molecule has 0 aromatic heterocycles. The molecule has 1 fully saturated rings. The first-order valence-corrected chi connectivity index (χ1v) is 11.7. The molecule has 2 N–H and O–H groups in total. The maximum Gasteiger partial charge on any atom is 0.224 e. The van der Waals surface area contributed by atoms with Crippen LogP contribution in [-0.4, -0.2) is 51.1 Å². The molecule has 0 bridgehead atoms. The minimum atomic E-state index is 0.0380. The van der Waals surface area contributed by atoms with Crippen molar-refractivity contribution in [1.82, 2.24) is 15.5 Å². The monoisotopic (exact) mass is 442 g/mol. The summed E-state index contributed by atoms with van der Waals surface area (Å²) in [6.45, 7) is 5.84. The molecule has 3 aromatic rings. The van der Waals surface area contributed by atoms with E-state index in [1.807, 2.05) is 38.4 Å². The fourth-order valence-electron chi connectivity index (χ4n) is 4.20. The van der Waals surface area contributed by atoms with Crippen LogP contribution in [0.1, 0.15) is 16.7 Å². The summed E-state index contributed by atoms with van der Waals surface area (Å²) >= 11 is 0. The SMILES string of the molecule is CN(C)c1ccc(CC(=O)NCc2cccc(-c3cccc(CN4CCNCC4)c3)c2)cc1. The van der Waals surface area contributed by atoms with Crippen LogP contribution in [0.4, 0.5) is 5.69 Å². The molecule has 1 amide bonds. The molecule has 0 saturated carbocycles. The Balaban J connectivity index is 1.35. The Hall–Kier alpha value is -3.15. The van der Waals surface area contributed by atoms with Crippen LogP contribution in [0.5, 0.6) is 0 Å². The molecule has 1 heterocycles. The van der Waals surface area contributed by atoms with E-state index in [1.54, 1.807) is 0 Å². The van der Waals surface area contributed by atoms with E-state index >= 15 is 0 Å². The van der Waals surface area contributed by atoms with Crippen molar-refractivity contribution in [2.24, 2.45) is 0 Å². The number of anilines is 1. The number of amides is 1. The Morgan fingerprint density at radius 3 is 2.18 bits per heavy atom. The normalized spacial score (nSPS) is 14.1. The molecular weight excluding hydrogens is 408 g/mol. The number of nitrogens with zero attached hydrogens (tertiary/aromatic N) is 2. The molecule has 0 radical (unpaired) electrons. The number of piperazine rings is 1. The molecule has 1 saturated heterocycles. The fraction of sp³-hybridized carbons (Fsp3) is 0.321. The van der Waals surface area contributed by atoms with Crippen molar-refractivity contribution in [3.8, 4) is 11.1 Å². The van der Waals surface area contributed by atoms with Gasteiger partial charge in [0.1, 0.15) is 0 Å². The van der Waals surface area contributed by atoms with E-state index in [0.29, 0.717) is 13.0 Å². The zero-order valence-corrected chi connectivity index (χ0v) is 19.7. The molecule has 0 unspecified atom stereocenters. The van der Waals surface area contributed by atoms with Gasteiger partial charge in [-0.15, -0.1) is 0 Å². The maximum atomic E-state index is 12.5. The molecule has 3 aromatic carbocycles. The summed E-state index contributed by atoms with van der Waals surface area (Å²) in [5.41, 5.74) is 7.01. The van der Waals surface area contributed by atoms with E-state index in [1.165, 1.54) is 16.7 Å². The first-order chi connectivity index (χ1) is 16.1. The van der Waals surface area contributed by atoms with Gasteiger partial charge in [0.25, 0.3) is 0 Å². The second kappa shape index (κ2) is 11.1. The molecule has 0 aliphatic carbocycles. The number of nitrogens with one attached hydrogen (secondary N) is 2. The van der Waals surface area contributed by atoms with E-state index in [2.05, 4.69) is 69.0 Å². The molecule has 0 atom stereocenters. The van der Waals surface area contributed by atoms with Gasteiger partial charge in [-0.05, 0) is 52.1 Å². The average Bonchev–Trinajstić information content (AvgIpc) is 2.84. The summed E-state index contributed by atoms with van der Waals surface area (Å²) in [5.74, 6) is 0.0380. The summed E-state index contributed by atoms with van der Waals surface area (Å²) in [6.07, 6.45) is 0.390. The molecule has 172 valence electrons. The zero-order valence-electron chi connectivity index (χ0n) is 19.7. The largest absolute Gasteiger partial charge is 0.378 e. The number of benzene rings is 3. The van der Waals surface area contributed by atoms with Crippen LogP contribution in [0.25, 0.3) is 11.1 Å². The van der Waals surface area contributed by atoms with Gasteiger partial charge in [-0.3, -0.25) is 9.69 Å². The minimum Gasteiger partial charge on any atom is -0.378 e. The Kier molecular flexibility index (Phi) is 7.76. The lowest BCUT2D eigenvalue weighted by Gasteiger charge is -2.27. The van der Waals surface area contributed by atoms with Gasteiger partial charge in [-0.2, -0.15) is 0 Å². The van der Waals surface area contributed by atoms with Gasteiger partial charge in [-0.1, -0.05) is 48.5 Å². The van der Waals surface area contributed by atoms with E-state index in [0.717, 1.165) is 49.5 Å². The predicted molar refractivity (Wildman–Crippen MR) is 136 cm³/mol. The first kappa shape index (κ1) is 23.0. The van der Waals surface area contributed by atoms with Crippen LogP contribution in [0, 0.1) is 0 Å². The summed E-state index contributed by atoms with van der Waals surface area (Å²) in [5, 5.41) is 6.48. The lowest BCUT2D eigenvalue weighted by molar-refractivity contribution is -0.120. The van der Waals surface area contributed by atoms with Crippen molar-refractivity contribution < 1.29 is 4.79 Å². The number of hydrogen-bond donors (Lipinski definition) is 2. The highest BCUT2D eigenvalue weighted by Gasteiger charge is 2.11. The van der Waals surface area contributed by atoms with Crippen LogP contribution in [0.2, 0.25) is 0 Å². The Labute approximate surface area is 197 Å². The van der Waals surface area contributed by atoms with Gasteiger partial charge < -0.3 is 15.5 Å². The highest BCUT2D eigenvalue weighted by atomic mass is 16.1. The van der Waals surface area contributed by atoms with Gasteiger partial charge >= 0.3 is 0 Å². The number of hydrogen-bond acceptors (Lipinski definition) is 4. The molecular formula is C28H34N4O. The van der Waals surface area contributed by atoms with Crippen molar-refractivity contribution in [2.45, 2.75) is 19.5 Å². The van der Waals surface area contributed by atoms with Crippen molar-refractivity contribution in [1.29, 1.82) is 0 Å². The molecule has 33 heavy (non-hydrogen) atoms. The zero-order chi connectivity index (χ0) is 23.0. The third kappa shape index (κ3) is 6.67. The molecule has 5 nitrogen and oxygen atoms in total. The topological polar surface area (TPSA) is 47.6 Å². The Morgan fingerprint density at radius 1 is 0.879 bits per heavy atom. The van der Waals surface area contributed by atoms with Gasteiger partial charge in [0.15, 0.2) is 0 Å². The van der Waals surface area contributed by atoms with Crippen molar-refractivity contribution >= 4 is 11.6 Å². The summed E-state index contributed by atoms with van der Waals surface area (Å²) in [4.78, 5) is 17.0. The lowest BCUT2D eigenvalue weighted by Crippen LogP contribution is -2.42. The standard InChI is InChI=1S/C28H34N4O/c1-31(2)27-11-9-22(10-12-27)19-28(33)30-20-23-5-3-7-25(17-23)26-8-4-6-24(18-26)21-32-15-13-29-14-16-32/h3-12,17-18,29H,13-16,19-21H2,1-2H3,(H,30,33). The third-order valence-electron chi connectivity index (χ3n) is 6.11. The fourth-order valence-corrected chi connectivity index (χ4v) is 4.20. The number of carbonyl (C=O) groups is 1. The first-order valence-electron chi connectivity index (χ1n) is 11.7. The quantitative estimate of drug-likeness (QED) is 0.559. The molecule has 4 rings (SSSR count). The van der Waals surface area contributed by atoms with E-state index < -0.39 is 0 Å². The van der Waals surface area contributed by atoms with Crippen LogP contribution in [0.15, 0.2) is 72.8 Å². The Bertz CT molecular complexity index is 1060. The smallest absolute Gasteiger partial charge is 0.224 e. The summed E-state index contributed by atoms with van der Waals surface area (Å²) in [6, 6.07) is 25.4. The second-order valence-electron chi connectivity index (χ2n) is 8.94. The van der Waals surface area contributed by atoms with E-state index in [9.17, 15) is 4.79 Å². The van der Waals surface area contributed by atoms with Gasteiger partial charge in [0.05, 0.1) is 6.42 Å². The van der Waals surface area contributed by atoms with Gasteiger partial charge in [0.2, 0.25) is 5.91 Å². The van der Waals surface area contributed by atoms with Crippen LogP contribution >= 0.6 is 0 Å². The molecule has 1 aliphatic heterocycles. The van der Waals surface area contributed by atoms with Crippen molar-refractivity contribution in [3.63, 3.8) is 0 Å². The second-order valence-corrected chi connectivity index (χ2v) is 8.94. The van der Waals surface area contributed by atoms with E-state index in [4.69, 9.17) is 0 Å². The van der Waals surface area contributed by atoms with Crippen LogP contribution in [-0.2, 0) is 24.3 Å². The van der Waals surface area contributed by atoms with Crippen LogP contribution < -0.4 is 15.5 Å². The predicted octanol–water partition coefficient (Wildman–Crippen LogP) is 3.68. The highest BCUT2D eigenvalue weighted by molar-refractivity contribution is 5.78. The van der Waals surface area contributed by atoms with Crippen molar-refractivity contribution in [2.75, 3.05) is 45.2 Å². The summed E-state index contributed by atoms with van der Waals surface area (Å²) < 4.78 is 0. The average molecular weight is 443 g/mol. The molecule has 1 aliphatic rings. The number of rotatable bonds is 8. The van der Waals surface area contributed by atoms with Crippen molar-refractivity contribution in [3.05, 3.63) is 89.5 Å². The number of carbonyl (C=O) groups excluding carboxylic acids is 1. The van der Waals surface area contributed by atoms with Gasteiger partial charge in [-0.25, -0.2) is 0 Å². The minimum absolute atomic E-state index is 0.0380. The highest BCUT2D eigenvalue weighted by Crippen LogP contribution is 2.22. The van der Waals surface area contributed by atoms with Gasteiger partial charge in [0, 0.05) is 59.1 Å².